The summed E-state index contributed by atoms with van der Waals surface area (Å²) in [5.41, 5.74) is 3.33. The van der Waals surface area contributed by atoms with E-state index in [1.165, 1.54) is 106 Å². The molecule has 4 heterocycles. The normalized spacial score (nSPS) is 11.8. The predicted octanol–water partition coefficient (Wildman–Crippen LogP) is 12.6. The van der Waals surface area contributed by atoms with Gasteiger partial charge < -0.3 is 0 Å². The SMILES string of the molecule is CCCCCCCc1c(CCCCCCC)c2cc(-c3cccs3)sc2c2sc(-c3cccs3)cc12. The molecule has 0 saturated carbocycles. The van der Waals surface area contributed by atoms with Crippen molar-refractivity contribution in [3.8, 4) is 19.5 Å². The lowest BCUT2D eigenvalue weighted by molar-refractivity contribution is 0.623. The first-order valence-corrected chi connectivity index (χ1v) is 17.3. The fraction of sp³-hybridized carbons (Fsp3) is 0.438. The number of hydrogen-bond donors (Lipinski definition) is 0. The summed E-state index contributed by atoms with van der Waals surface area (Å²) < 4.78 is 3.05. The van der Waals surface area contributed by atoms with Crippen LogP contribution in [0.25, 0.3) is 39.7 Å². The Bertz CT molecular complexity index is 1240. The first-order chi connectivity index (χ1) is 17.8. The zero-order valence-corrected chi connectivity index (χ0v) is 25.0. The monoisotopic (exact) mass is 550 g/mol. The van der Waals surface area contributed by atoms with Gasteiger partial charge in [-0.2, -0.15) is 0 Å². The molecule has 0 saturated heterocycles. The molecule has 0 N–H and O–H groups in total. The van der Waals surface area contributed by atoms with Crippen molar-refractivity contribution in [3.63, 3.8) is 0 Å². The third-order valence-electron chi connectivity index (χ3n) is 7.27. The number of benzene rings is 1. The molecule has 0 bridgehead atoms. The van der Waals surface area contributed by atoms with Gasteiger partial charge in [0.15, 0.2) is 0 Å². The molecule has 5 aromatic rings. The van der Waals surface area contributed by atoms with E-state index in [9.17, 15) is 0 Å². The van der Waals surface area contributed by atoms with Crippen molar-refractivity contribution in [1.29, 1.82) is 0 Å². The molecule has 0 spiro atoms. The number of rotatable bonds is 14. The lowest BCUT2D eigenvalue weighted by atomic mass is 9.91. The summed E-state index contributed by atoms with van der Waals surface area (Å²) in [4.78, 5) is 5.71. The summed E-state index contributed by atoms with van der Waals surface area (Å²) in [6, 6.07) is 14.0. The van der Waals surface area contributed by atoms with E-state index in [-0.39, 0.29) is 0 Å². The van der Waals surface area contributed by atoms with Gasteiger partial charge in [-0.3, -0.25) is 0 Å². The Morgan fingerprint density at radius 3 is 1.36 bits per heavy atom. The Hall–Kier alpha value is -1.46. The summed E-state index contributed by atoms with van der Waals surface area (Å²) in [7, 11) is 0. The lowest BCUT2D eigenvalue weighted by Gasteiger charge is -2.14. The van der Waals surface area contributed by atoms with Crippen LogP contribution in [0.3, 0.4) is 0 Å². The number of aryl methyl sites for hydroxylation is 2. The summed E-state index contributed by atoms with van der Waals surface area (Å²) in [6.07, 6.45) is 15.9. The van der Waals surface area contributed by atoms with Gasteiger partial charge in [0.05, 0.1) is 9.40 Å². The van der Waals surface area contributed by atoms with Crippen molar-refractivity contribution in [2.24, 2.45) is 0 Å². The second kappa shape index (κ2) is 12.9. The van der Waals surface area contributed by atoms with E-state index in [1.54, 1.807) is 21.9 Å². The first-order valence-electron chi connectivity index (χ1n) is 13.9. The molecular weight excluding hydrogens is 513 g/mol. The second-order valence-electron chi connectivity index (χ2n) is 9.95. The zero-order chi connectivity index (χ0) is 24.7. The van der Waals surface area contributed by atoms with Crippen molar-refractivity contribution in [1.82, 2.24) is 0 Å². The molecule has 5 rings (SSSR count). The minimum atomic E-state index is 1.23. The standard InChI is InChI=1S/C32H38S4/c1-3-5-7-9-11-15-23-24(16-12-10-8-6-4-2)26-22-30(28-18-14-20-34-28)36-32(26)31-25(23)21-29(35-31)27-17-13-19-33-27/h13-14,17-22H,3-12,15-16H2,1-2H3. The number of thiophene rings is 4. The summed E-state index contributed by atoms with van der Waals surface area (Å²) in [5, 5.41) is 7.53. The van der Waals surface area contributed by atoms with Crippen molar-refractivity contribution in [2.75, 3.05) is 0 Å². The third-order valence-corrected chi connectivity index (χ3v) is 11.8. The van der Waals surface area contributed by atoms with Crippen molar-refractivity contribution >= 4 is 65.5 Å². The molecule has 0 aliphatic carbocycles. The highest BCUT2D eigenvalue weighted by Gasteiger charge is 2.20. The number of unbranched alkanes of at least 4 members (excludes halogenated alkanes) is 8. The largest absolute Gasteiger partial charge is 0.143 e. The minimum Gasteiger partial charge on any atom is -0.143 e. The van der Waals surface area contributed by atoms with E-state index in [0.717, 1.165) is 0 Å². The summed E-state index contributed by atoms with van der Waals surface area (Å²) >= 11 is 7.80. The Balaban J connectivity index is 1.61. The number of hydrogen-bond acceptors (Lipinski definition) is 4. The van der Waals surface area contributed by atoms with Gasteiger partial charge in [-0.15, -0.1) is 45.3 Å². The van der Waals surface area contributed by atoms with Crippen LogP contribution in [0, 0.1) is 0 Å². The van der Waals surface area contributed by atoms with Gasteiger partial charge in [-0.05, 0) is 82.6 Å². The van der Waals surface area contributed by atoms with Crippen molar-refractivity contribution < 1.29 is 0 Å². The topological polar surface area (TPSA) is 0 Å². The molecule has 0 radical (unpaired) electrons. The molecule has 0 atom stereocenters. The maximum Gasteiger partial charge on any atom is 0.0531 e. The van der Waals surface area contributed by atoms with Crippen LogP contribution in [-0.2, 0) is 12.8 Å². The second-order valence-corrected chi connectivity index (χ2v) is 13.9. The maximum atomic E-state index is 2.54. The van der Waals surface area contributed by atoms with Gasteiger partial charge >= 0.3 is 0 Å². The zero-order valence-electron chi connectivity index (χ0n) is 21.7. The molecule has 36 heavy (non-hydrogen) atoms. The van der Waals surface area contributed by atoms with E-state index < -0.39 is 0 Å². The molecule has 0 aliphatic heterocycles. The molecule has 0 aliphatic rings. The van der Waals surface area contributed by atoms with Gasteiger partial charge in [0, 0.05) is 19.5 Å². The summed E-state index contributed by atoms with van der Waals surface area (Å²) in [5.74, 6) is 0. The third kappa shape index (κ3) is 5.83. The van der Waals surface area contributed by atoms with E-state index in [2.05, 4.69) is 61.0 Å². The Morgan fingerprint density at radius 2 is 0.972 bits per heavy atom. The number of fused-ring (bicyclic) bond motifs is 3. The quantitative estimate of drug-likeness (QED) is 0.121. The minimum absolute atomic E-state index is 1.23. The fourth-order valence-corrected chi connectivity index (χ4v) is 9.54. The Morgan fingerprint density at radius 1 is 0.528 bits per heavy atom. The van der Waals surface area contributed by atoms with Crippen LogP contribution in [0.4, 0.5) is 0 Å². The Kier molecular flexibility index (Phi) is 9.35. The van der Waals surface area contributed by atoms with Crippen LogP contribution >= 0.6 is 45.3 Å². The van der Waals surface area contributed by atoms with Crippen LogP contribution in [0.5, 0.6) is 0 Å². The molecule has 190 valence electrons. The molecule has 0 fully saturated rings. The van der Waals surface area contributed by atoms with Gasteiger partial charge in [0.1, 0.15) is 0 Å². The van der Waals surface area contributed by atoms with Crippen LogP contribution < -0.4 is 0 Å². The highest BCUT2D eigenvalue weighted by Crippen LogP contribution is 2.48. The summed E-state index contributed by atoms with van der Waals surface area (Å²) in [6.45, 7) is 4.63. The highest BCUT2D eigenvalue weighted by atomic mass is 32.1. The lowest BCUT2D eigenvalue weighted by Crippen LogP contribution is -1.98. The van der Waals surface area contributed by atoms with E-state index in [0.29, 0.717) is 0 Å². The molecule has 1 aromatic carbocycles. The van der Waals surface area contributed by atoms with Crippen LogP contribution in [0.1, 0.15) is 89.2 Å². The van der Waals surface area contributed by atoms with Crippen LogP contribution in [-0.4, -0.2) is 0 Å². The van der Waals surface area contributed by atoms with Gasteiger partial charge in [-0.25, -0.2) is 0 Å². The molecule has 0 amide bonds. The molecular formula is C32H38S4. The van der Waals surface area contributed by atoms with E-state index in [1.807, 2.05) is 45.3 Å². The van der Waals surface area contributed by atoms with E-state index >= 15 is 0 Å². The molecule has 4 heteroatoms. The fourth-order valence-electron chi connectivity index (χ4n) is 5.35. The molecule has 4 aromatic heterocycles. The molecule has 0 unspecified atom stereocenters. The average Bonchev–Trinajstić information content (AvgIpc) is 3.68. The first kappa shape index (κ1) is 26.2. The van der Waals surface area contributed by atoms with Crippen LogP contribution in [0.15, 0.2) is 47.2 Å². The van der Waals surface area contributed by atoms with Crippen molar-refractivity contribution in [2.45, 2.75) is 90.9 Å². The van der Waals surface area contributed by atoms with Crippen molar-refractivity contribution in [3.05, 3.63) is 58.3 Å². The van der Waals surface area contributed by atoms with Gasteiger partial charge in [0.25, 0.3) is 0 Å². The maximum absolute atomic E-state index is 2.54. The Labute approximate surface area is 233 Å². The smallest absolute Gasteiger partial charge is 0.0531 e. The van der Waals surface area contributed by atoms with Crippen LogP contribution in [0.2, 0.25) is 0 Å². The van der Waals surface area contributed by atoms with Gasteiger partial charge in [0.2, 0.25) is 0 Å². The highest BCUT2D eigenvalue weighted by molar-refractivity contribution is 7.32. The van der Waals surface area contributed by atoms with E-state index in [4.69, 9.17) is 0 Å². The predicted molar refractivity (Wildman–Crippen MR) is 169 cm³/mol. The van der Waals surface area contributed by atoms with Gasteiger partial charge in [-0.1, -0.05) is 77.3 Å². The average molecular weight is 551 g/mol. The molecule has 0 nitrogen and oxygen atoms in total.